The lowest BCUT2D eigenvalue weighted by Crippen LogP contribution is -2.46. The van der Waals surface area contributed by atoms with Gasteiger partial charge >= 0.3 is 18.0 Å². The van der Waals surface area contributed by atoms with Crippen LogP contribution in [0.3, 0.4) is 0 Å². The Morgan fingerprint density at radius 2 is 1.64 bits per heavy atom. The fourth-order valence-corrected chi connectivity index (χ4v) is 1.56. The summed E-state index contributed by atoms with van der Waals surface area (Å²) in [5, 5.41) is 22.0. The molecule has 126 valence electrons. The molecule has 8 nitrogen and oxygen atoms in total. The summed E-state index contributed by atoms with van der Waals surface area (Å²) in [5.41, 5.74) is -0.423. The number of urea groups is 1. The molecule has 0 heterocycles. The Morgan fingerprint density at radius 3 is 2.09 bits per heavy atom. The van der Waals surface area contributed by atoms with Gasteiger partial charge in [-0.3, -0.25) is 9.59 Å². The summed E-state index contributed by atoms with van der Waals surface area (Å²) in [7, 11) is 0. The van der Waals surface area contributed by atoms with E-state index in [4.69, 9.17) is 10.2 Å². The Hall–Kier alpha value is -2.12. The Labute approximate surface area is 129 Å². The first-order valence-electron chi connectivity index (χ1n) is 7.06. The minimum atomic E-state index is -1.29. The minimum Gasteiger partial charge on any atom is -0.481 e. The molecule has 0 radical (unpaired) electrons. The van der Waals surface area contributed by atoms with Gasteiger partial charge in [-0.25, -0.2) is 9.59 Å². The number of nitrogens with one attached hydrogen (secondary N) is 2. The zero-order valence-electron chi connectivity index (χ0n) is 13.1. The number of amides is 2. The van der Waals surface area contributed by atoms with Crippen molar-refractivity contribution in [1.29, 1.82) is 0 Å². The second-order valence-corrected chi connectivity index (χ2v) is 6.00. The average Bonchev–Trinajstić information content (AvgIpc) is 2.37. The summed E-state index contributed by atoms with van der Waals surface area (Å²) in [5.74, 6) is -2.34. The highest BCUT2D eigenvalue weighted by Gasteiger charge is 2.22. The van der Waals surface area contributed by atoms with Gasteiger partial charge < -0.3 is 20.8 Å². The van der Waals surface area contributed by atoms with Gasteiger partial charge in [0.25, 0.3) is 0 Å². The van der Waals surface area contributed by atoms with Crippen LogP contribution in [-0.2, 0) is 14.4 Å². The zero-order chi connectivity index (χ0) is 17.3. The Kier molecular flexibility index (Phi) is 8.14. The number of Topliss-reactive ketones (excluding diaryl/α,β-unsaturated/α-hetero) is 1. The molecular formula is C14H24N2O6. The quantitative estimate of drug-likeness (QED) is 0.469. The second-order valence-electron chi connectivity index (χ2n) is 6.00. The Morgan fingerprint density at radius 1 is 1.05 bits per heavy atom. The maximum atomic E-state index is 11.7. The van der Waals surface area contributed by atoms with Crippen LogP contribution in [0.4, 0.5) is 4.79 Å². The van der Waals surface area contributed by atoms with Crippen molar-refractivity contribution in [3.63, 3.8) is 0 Å². The summed E-state index contributed by atoms with van der Waals surface area (Å²) in [6, 6.07) is -1.95. The maximum absolute atomic E-state index is 11.7. The van der Waals surface area contributed by atoms with E-state index in [1.165, 1.54) is 0 Å². The number of carboxylic acid groups (broad SMARTS) is 2. The van der Waals surface area contributed by atoms with Crippen LogP contribution in [0.1, 0.15) is 46.5 Å². The number of carboxylic acids is 2. The van der Waals surface area contributed by atoms with Crippen molar-refractivity contribution in [2.45, 2.75) is 52.5 Å². The van der Waals surface area contributed by atoms with E-state index >= 15 is 0 Å². The van der Waals surface area contributed by atoms with Crippen LogP contribution in [0.2, 0.25) is 0 Å². The molecule has 0 aliphatic rings. The molecule has 0 aromatic heterocycles. The first-order valence-corrected chi connectivity index (χ1v) is 7.06. The van der Waals surface area contributed by atoms with Gasteiger partial charge in [-0.2, -0.15) is 0 Å². The SMILES string of the molecule is CC(C)(C)C(=O)CCCNC(=O)N[C@@H](CCC(=O)O)C(=O)O. The summed E-state index contributed by atoms with van der Waals surface area (Å²) in [4.78, 5) is 44.5. The Bertz CT molecular complexity index is 428. The number of rotatable bonds is 9. The maximum Gasteiger partial charge on any atom is 0.326 e. The molecule has 0 aliphatic heterocycles. The number of carbonyl (C=O) groups excluding carboxylic acids is 2. The standard InChI is InChI=1S/C14H24N2O6/c1-14(2,3)10(17)5-4-8-15-13(22)16-9(12(20)21)6-7-11(18)19/h9H,4-8H2,1-3H3,(H,18,19)(H,20,21)(H2,15,16,22)/t9-/m0/s1. The first-order chi connectivity index (χ1) is 10.0. The van der Waals surface area contributed by atoms with E-state index in [-0.39, 0.29) is 25.2 Å². The van der Waals surface area contributed by atoms with Crippen molar-refractivity contribution in [2.24, 2.45) is 5.41 Å². The smallest absolute Gasteiger partial charge is 0.326 e. The van der Waals surface area contributed by atoms with Crippen molar-refractivity contribution in [1.82, 2.24) is 10.6 Å². The average molecular weight is 316 g/mol. The highest BCUT2D eigenvalue weighted by molar-refractivity contribution is 5.84. The zero-order valence-corrected chi connectivity index (χ0v) is 13.1. The third kappa shape index (κ3) is 8.93. The van der Waals surface area contributed by atoms with Gasteiger partial charge in [0, 0.05) is 24.8 Å². The van der Waals surface area contributed by atoms with E-state index in [2.05, 4.69) is 10.6 Å². The predicted octanol–water partition coefficient (Wildman–Crippen LogP) is 0.999. The predicted molar refractivity (Wildman–Crippen MR) is 78.5 cm³/mol. The molecule has 0 saturated carbocycles. The van der Waals surface area contributed by atoms with Gasteiger partial charge in [-0.05, 0) is 12.8 Å². The van der Waals surface area contributed by atoms with E-state index in [9.17, 15) is 19.2 Å². The minimum absolute atomic E-state index is 0.0829. The highest BCUT2D eigenvalue weighted by atomic mass is 16.4. The lowest BCUT2D eigenvalue weighted by molar-refractivity contribution is -0.140. The van der Waals surface area contributed by atoms with Crippen molar-refractivity contribution in [2.75, 3.05) is 6.54 Å². The molecule has 1 atom stereocenters. The fourth-order valence-electron chi connectivity index (χ4n) is 1.56. The summed E-state index contributed by atoms with van der Waals surface area (Å²) < 4.78 is 0. The molecule has 22 heavy (non-hydrogen) atoms. The van der Waals surface area contributed by atoms with Crippen molar-refractivity contribution in [3.05, 3.63) is 0 Å². The van der Waals surface area contributed by atoms with E-state index in [1.807, 2.05) is 20.8 Å². The Balaban J connectivity index is 4.08. The van der Waals surface area contributed by atoms with Gasteiger partial charge in [-0.1, -0.05) is 20.8 Å². The molecule has 0 rings (SSSR count). The van der Waals surface area contributed by atoms with Crippen molar-refractivity contribution in [3.8, 4) is 0 Å². The second kappa shape index (κ2) is 9.01. The molecule has 0 aliphatic carbocycles. The van der Waals surface area contributed by atoms with Crippen LogP contribution in [0, 0.1) is 5.41 Å². The van der Waals surface area contributed by atoms with E-state index in [1.54, 1.807) is 0 Å². The van der Waals surface area contributed by atoms with Crippen LogP contribution >= 0.6 is 0 Å². The highest BCUT2D eigenvalue weighted by Crippen LogP contribution is 2.17. The third-order valence-corrected chi connectivity index (χ3v) is 2.95. The molecule has 0 aromatic carbocycles. The molecular weight excluding hydrogens is 292 g/mol. The van der Waals surface area contributed by atoms with Gasteiger partial charge in [-0.15, -0.1) is 0 Å². The van der Waals surface area contributed by atoms with Crippen LogP contribution in [-0.4, -0.2) is 46.6 Å². The molecule has 4 N–H and O–H groups in total. The summed E-state index contributed by atoms with van der Waals surface area (Å²) in [6.07, 6.45) is 0.236. The lowest BCUT2D eigenvalue weighted by Gasteiger charge is -2.17. The monoisotopic (exact) mass is 316 g/mol. The third-order valence-electron chi connectivity index (χ3n) is 2.95. The van der Waals surface area contributed by atoms with Crippen LogP contribution < -0.4 is 10.6 Å². The number of hydrogen-bond acceptors (Lipinski definition) is 4. The van der Waals surface area contributed by atoms with Crippen molar-refractivity contribution < 1.29 is 29.4 Å². The number of carbonyl (C=O) groups is 4. The first kappa shape index (κ1) is 19.9. The lowest BCUT2D eigenvalue weighted by atomic mass is 9.88. The van der Waals surface area contributed by atoms with Gasteiger partial charge in [0.15, 0.2) is 0 Å². The molecule has 2 amide bonds. The molecule has 0 unspecified atom stereocenters. The molecule has 0 saturated heterocycles. The molecule has 8 heteroatoms. The summed E-state index contributed by atoms with van der Waals surface area (Å²) >= 11 is 0. The fraction of sp³-hybridized carbons (Fsp3) is 0.714. The van der Waals surface area contributed by atoms with E-state index < -0.39 is 29.4 Å². The van der Waals surface area contributed by atoms with Gasteiger partial charge in [0.05, 0.1) is 0 Å². The van der Waals surface area contributed by atoms with Crippen LogP contribution in [0.25, 0.3) is 0 Å². The van der Waals surface area contributed by atoms with E-state index in [0.29, 0.717) is 12.8 Å². The van der Waals surface area contributed by atoms with Gasteiger partial charge in [0.1, 0.15) is 11.8 Å². The summed E-state index contributed by atoms with van der Waals surface area (Å²) in [6.45, 7) is 5.68. The molecule has 0 fully saturated rings. The topological polar surface area (TPSA) is 133 Å². The number of ketones is 1. The number of aliphatic carboxylic acids is 2. The molecule has 0 bridgehead atoms. The van der Waals surface area contributed by atoms with Crippen molar-refractivity contribution >= 4 is 23.8 Å². The number of hydrogen-bond donors (Lipinski definition) is 4. The van der Waals surface area contributed by atoms with Gasteiger partial charge in [0.2, 0.25) is 0 Å². The van der Waals surface area contributed by atoms with E-state index in [0.717, 1.165) is 0 Å². The van der Waals surface area contributed by atoms with Crippen LogP contribution in [0.5, 0.6) is 0 Å². The van der Waals surface area contributed by atoms with Crippen LogP contribution in [0.15, 0.2) is 0 Å². The molecule has 0 aromatic rings. The molecule has 0 spiro atoms. The normalized spacial score (nSPS) is 12.3. The largest absolute Gasteiger partial charge is 0.481 e.